The van der Waals surface area contributed by atoms with Gasteiger partial charge in [-0.2, -0.15) is 0 Å². The van der Waals surface area contributed by atoms with Gasteiger partial charge in [0.1, 0.15) is 5.82 Å². The maximum Gasteiger partial charge on any atom is 0.270 e. The highest BCUT2D eigenvalue weighted by Gasteiger charge is 2.14. The largest absolute Gasteiger partial charge is 0.344 e. The normalized spacial score (nSPS) is 12.4. The number of aryl methyl sites for hydroxylation is 1. The van der Waals surface area contributed by atoms with E-state index in [9.17, 15) is 10.1 Å². The lowest BCUT2D eigenvalue weighted by Crippen LogP contribution is -2.06. The Labute approximate surface area is 104 Å². The lowest BCUT2D eigenvalue weighted by Gasteiger charge is -1.99. The van der Waals surface area contributed by atoms with Crippen LogP contribution in [0.4, 0.5) is 5.69 Å². The van der Waals surface area contributed by atoms with Gasteiger partial charge in [0, 0.05) is 23.4 Å². The highest BCUT2D eigenvalue weighted by Crippen LogP contribution is 2.25. The molecule has 0 radical (unpaired) electrons. The van der Waals surface area contributed by atoms with Crippen LogP contribution < -0.4 is 5.73 Å². The number of nitrogens with zero attached hydrogens (tertiary/aromatic N) is 2. The molecule has 0 bridgehead atoms. The van der Waals surface area contributed by atoms with Gasteiger partial charge in [-0.05, 0) is 13.8 Å². The molecule has 6 nitrogen and oxygen atoms in total. The fraction of sp³-hybridized carbons (Fsp3) is 0.250. The molecule has 1 aromatic carbocycles. The summed E-state index contributed by atoms with van der Waals surface area (Å²) in [6.45, 7) is 3.70. The molecule has 3 N–H and O–H groups in total. The lowest BCUT2D eigenvalue weighted by molar-refractivity contribution is -0.384. The second kappa shape index (κ2) is 4.58. The van der Waals surface area contributed by atoms with Crippen molar-refractivity contribution in [2.75, 3.05) is 0 Å². The van der Waals surface area contributed by atoms with Crippen molar-refractivity contribution in [3.05, 3.63) is 45.9 Å². The summed E-state index contributed by atoms with van der Waals surface area (Å²) in [5.41, 5.74) is 8.07. The number of H-pyrrole nitrogens is 1. The van der Waals surface area contributed by atoms with E-state index in [0.717, 1.165) is 5.69 Å². The number of nitrogens with one attached hydrogen (secondary N) is 1. The van der Waals surface area contributed by atoms with Crippen LogP contribution in [0.25, 0.3) is 11.3 Å². The lowest BCUT2D eigenvalue weighted by atomic mass is 10.1. The topological polar surface area (TPSA) is 97.8 Å². The van der Waals surface area contributed by atoms with E-state index in [1.54, 1.807) is 12.1 Å². The third-order valence-corrected chi connectivity index (χ3v) is 2.66. The molecule has 2 rings (SSSR count). The second-order valence-electron chi connectivity index (χ2n) is 4.19. The SMILES string of the molecule is Cc1[nH]c(C(C)N)nc1-c1cccc([N+](=O)[O-])c1. The first-order valence-electron chi connectivity index (χ1n) is 5.56. The molecule has 2 aromatic rings. The van der Waals surface area contributed by atoms with Crippen LogP contribution >= 0.6 is 0 Å². The van der Waals surface area contributed by atoms with Crippen molar-refractivity contribution in [2.45, 2.75) is 19.9 Å². The summed E-state index contributed by atoms with van der Waals surface area (Å²) < 4.78 is 0. The number of benzene rings is 1. The van der Waals surface area contributed by atoms with Crippen LogP contribution in [0.1, 0.15) is 24.5 Å². The van der Waals surface area contributed by atoms with E-state index < -0.39 is 4.92 Å². The molecule has 1 unspecified atom stereocenters. The van der Waals surface area contributed by atoms with Gasteiger partial charge in [0.25, 0.3) is 5.69 Å². The standard InChI is InChI=1S/C12H14N4O2/c1-7(13)12-14-8(2)11(15-12)9-4-3-5-10(6-9)16(17)18/h3-7H,13H2,1-2H3,(H,14,15). The Morgan fingerprint density at radius 1 is 1.50 bits per heavy atom. The predicted molar refractivity (Wildman–Crippen MR) is 68.0 cm³/mol. The number of rotatable bonds is 3. The summed E-state index contributed by atoms with van der Waals surface area (Å²) in [5, 5.41) is 10.7. The molecule has 0 saturated heterocycles. The zero-order valence-corrected chi connectivity index (χ0v) is 10.2. The summed E-state index contributed by atoms with van der Waals surface area (Å²) in [4.78, 5) is 17.8. The number of aromatic amines is 1. The van der Waals surface area contributed by atoms with Gasteiger partial charge in [0.15, 0.2) is 0 Å². The number of aromatic nitrogens is 2. The summed E-state index contributed by atoms with van der Waals surface area (Å²) in [7, 11) is 0. The number of hydrogen-bond donors (Lipinski definition) is 2. The van der Waals surface area contributed by atoms with E-state index in [0.29, 0.717) is 17.1 Å². The zero-order valence-electron chi connectivity index (χ0n) is 10.2. The van der Waals surface area contributed by atoms with E-state index in [4.69, 9.17) is 5.73 Å². The molecule has 18 heavy (non-hydrogen) atoms. The monoisotopic (exact) mass is 246 g/mol. The first-order chi connectivity index (χ1) is 8.49. The molecule has 1 aromatic heterocycles. The second-order valence-corrected chi connectivity index (χ2v) is 4.19. The first kappa shape index (κ1) is 12.3. The molecule has 0 amide bonds. The summed E-state index contributed by atoms with van der Waals surface area (Å²) in [6.07, 6.45) is 0. The minimum atomic E-state index is -0.419. The molecule has 1 heterocycles. The number of non-ortho nitro benzene ring substituents is 1. The van der Waals surface area contributed by atoms with Crippen molar-refractivity contribution in [3.8, 4) is 11.3 Å². The fourth-order valence-electron chi connectivity index (χ4n) is 1.75. The van der Waals surface area contributed by atoms with Gasteiger partial charge in [-0.1, -0.05) is 12.1 Å². The van der Waals surface area contributed by atoms with Gasteiger partial charge in [0.2, 0.25) is 0 Å². The third kappa shape index (κ3) is 2.23. The van der Waals surface area contributed by atoms with Crippen LogP contribution in [0, 0.1) is 17.0 Å². The molecule has 0 fully saturated rings. The van der Waals surface area contributed by atoms with Crippen LogP contribution in [0.3, 0.4) is 0 Å². The maximum absolute atomic E-state index is 10.7. The Kier molecular flexibility index (Phi) is 3.12. The van der Waals surface area contributed by atoms with E-state index >= 15 is 0 Å². The van der Waals surface area contributed by atoms with E-state index in [1.165, 1.54) is 12.1 Å². The Morgan fingerprint density at radius 3 is 2.78 bits per heavy atom. The molecule has 0 aliphatic carbocycles. The summed E-state index contributed by atoms with van der Waals surface area (Å²) in [6, 6.07) is 6.21. The van der Waals surface area contributed by atoms with E-state index in [1.807, 2.05) is 13.8 Å². The molecular formula is C12H14N4O2. The van der Waals surface area contributed by atoms with Crippen molar-refractivity contribution >= 4 is 5.69 Å². The van der Waals surface area contributed by atoms with Crippen LogP contribution in [0.5, 0.6) is 0 Å². The van der Waals surface area contributed by atoms with Crippen molar-refractivity contribution in [1.82, 2.24) is 9.97 Å². The Morgan fingerprint density at radius 2 is 2.22 bits per heavy atom. The van der Waals surface area contributed by atoms with Crippen LogP contribution in [0.2, 0.25) is 0 Å². The average molecular weight is 246 g/mol. The van der Waals surface area contributed by atoms with Gasteiger partial charge in [-0.25, -0.2) is 4.98 Å². The number of nitrogens with two attached hydrogens (primary N) is 1. The van der Waals surface area contributed by atoms with Gasteiger partial charge in [0.05, 0.1) is 16.7 Å². The quantitative estimate of drug-likeness (QED) is 0.641. The molecule has 0 aliphatic heterocycles. The van der Waals surface area contributed by atoms with Crippen molar-refractivity contribution in [2.24, 2.45) is 5.73 Å². The van der Waals surface area contributed by atoms with Crippen LogP contribution in [0.15, 0.2) is 24.3 Å². The average Bonchev–Trinajstić information content (AvgIpc) is 2.72. The third-order valence-electron chi connectivity index (χ3n) is 2.66. The smallest absolute Gasteiger partial charge is 0.270 e. The number of imidazole rings is 1. The number of hydrogen-bond acceptors (Lipinski definition) is 4. The highest BCUT2D eigenvalue weighted by atomic mass is 16.6. The molecule has 1 atom stereocenters. The van der Waals surface area contributed by atoms with Crippen LogP contribution in [-0.4, -0.2) is 14.9 Å². The van der Waals surface area contributed by atoms with Gasteiger partial charge < -0.3 is 10.7 Å². The minimum Gasteiger partial charge on any atom is -0.344 e. The highest BCUT2D eigenvalue weighted by molar-refractivity contribution is 5.64. The minimum absolute atomic E-state index is 0.0530. The predicted octanol–water partition coefficient (Wildman–Crippen LogP) is 2.31. The van der Waals surface area contributed by atoms with Gasteiger partial charge >= 0.3 is 0 Å². The van der Waals surface area contributed by atoms with Gasteiger partial charge in [-0.15, -0.1) is 0 Å². The summed E-state index contributed by atoms with van der Waals surface area (Å²) >= 11 is 0. The van der Waals surface area contributed by atoms with Crippen molar-refractivity contribution < 1.29 is 4.92 Å². The van der Waals surface area contributed by atoms with E-state index in [2.05, 4.69) is 9.97 Å². The molecule has 0 saturated carbocycles. The molecular weight excluding hydrogens is 232 g/mol. The Balaban J connectivity index is 2.48. The molecule has 6 heteroatoms. The van der Waals surface area contributed by atoms with Crippen molar-refractivity contribution in [1.29, 1.82) is 0 Å². The molecule has 0 aliphatic rings. The van der Waals surface area contributed by atoms with Crippen molar-refractivity contribution in [3.63, 3.8) is 0 Å². The maximum atomic E-state index is 10.7. The fourth-order valence-corrected chi connectivity index (χ4v) is 1.75. The molecule has 0 spiro atoms. The molecule has 94 valence electrons. The number of nitro benzene ring substituents is 1. The van der Waals surface area contributed by atoms with Gasteiger partial charge in [-0.3, -0.25) is 10.1 Å². The Bertz CT molecular complexity index is 590. The van der Waals surface area contributed by atoms with E-state index in [-0.39, 0.29) is 11.7 Å². The zero-order chi connectivity index (χ0) is 13.3. The van der Waals surface area contributed by atoms with Crippen LogP contribution in [-0.2, 0) is 0 Å². The summed E-state index contributed by atoms with van der Waals surface area (Å²) in [5.74, 6) is 0.675. The first-order valence-corrected chi connectivity index (χ1v) is 5.56. The Hall–Kier alpha value is -2.21. The number of nitro groups is 1.